The monoisotopic (exact) mass is 396 g/mol. The summed E-state index contributed by atoms with van der Waals surface area (Å²) < 4.78 is 2.18. The van der Waals surface area contributed by atoms with Crippen LogP contribution in [0, 0.1) is 6.92 Å². The fraction of sp³-hybridized carbons (Fsp3) is 0.312. The van der Waals surface area contributed by atoms with Crippen molar-refractivity contribution in [1.29, 1.82) is 0 Å². The van der Waals surface area contributed by atoms with Gasteiger partial charge in [0.25, 0.3) is 0 Å². The molecule has 1 heterocycles. The van der Waals surface area contributed by atoms with E-state index in [1.165, 1.54) is 16.7 Å². The molecule has 0 saturated heterocycles. The molecule has 106 valence electrons. The fourth-order valence-electron chi connectivity index (χ4n) is 2.18. The van der Waals surface area contributed by atoms with Gasteiger partial charge in [-0.25, -0.2) is 0 Å². The van der Waals surface area contributed by atoms with Crippen molar-refractivity contribution >= 4 is 31.9 Å². The zero-order valence-electron chi connectivity index (χ0n) is 11.7. The highest BCUT2D eigenvalue weighted by Gasteiger charge is 2.12. The Morgan fingerprint density at radius 1 is 1.20 bits per heavy atom. The molecule has 1 N–H and O–H groups in total. The minimum absolute atomic E-state index is 0.299. The van der Waals surface area contributed by atoms with E-state index < -0.39 is 0 Å². The lowest BCUT2D eigenvalue weighted by Crippen LogP contribution is -2.23. The first-order valence-corrected chi connectivity index (χ1v) is 8.27. The van der Waals surface area contributed by atoms with Gasteiger partial charge in [0.05, 0.1) is 0 Å². The Balaban J connectivity index is 2.24. The summed E-state index contributed by atoms with van der Waals surface area (Å²) in [7, 11) is 0. The number of hydrogen-bond donors (Lipinski definition) is 1. The van der Waals surface area contributed by atoms with Crippen LogP contribution in [0.3, 0.4) is 0 Å². The van der Waals surface area contributed by atoms with Crippen molar-refractivity contribution in [2.45, 2.75) is 26.3 Å². The summed E-state index contributed by atoms with van der Waals surface area (Å²) in [6, 6.07) is 8.98. The Morgan fingerprint density at radius 3 is 2.65 bits per heavy atom. The van der Waals surface area contributed by atoms with Crippen molar-refractivity contribution in [2.75, 3.05) is 6.54 Å². The number of rotatable bonds is 5. The van der Waals surface area contributed by atoms with E-state index in [9.17, 15) is 0 Å². The highest BCUT2D eigenvalue weighted by Crippen LogP contribution is 2.25. The van der Waals surface area contributed by atoms with E-state index in [4.69, 9.17) is 0 Å². The molecule has 2 nitrogen and oxygen atoms in total. The van der Waals surface area contributed by atoms with Crippen molar-refractivity contribution in [2.24, 2.45) is 0 Å². The number of hydrogen-bond acceptors (Lipinski definition) is 2. The van der Waals surface area contributed by atoms with E-state index >= 15 is 0 Å². The quantitative estimate of drug-likeness (QED) is 0.782. The van der Waals surface area contributed by atoms with Gasteiger partial charge in [-0.3, -0.25) is 4.98 Å². The van der Waals surface area contributed by atoms with Gasteiger partial charge in [0.1, 0.15) is 0 Å². The van der Waals surface area contributed by atoms with Crippen LogP contribution in [0.4, 0.5) is 0 Å². The van der Waals surface area contributed by atoms with Gasteiger partial charge in [-0.05, 0) is 64.6 Å². The number of pyridine rings is 1. The van der Waals surface area contributed by atoms with Gasteiger partial charge in [0, 0.05) is 27.4 Å². The largest absolute Gasteiger partial charge is 0.310 e. The molecular formula is C16H18Br2N2. The van der Waals surface area contributed by atoms with Crippen molar-refractivity contribution in [3.8, 4) is 0 Å². The van der Waals surface area contributed by atoms with Crippen LogP contribution in [0.15, 0.2) is 45.6 Å². The van der Waals surface area contributed by atoms with Crippen molar-refractivity contribution < 1.29 is 0 Å². The maximum atomic E-state index is 4.24. The molecule has 0 bridgehead atoms. The topological polar surface area (TPSA) is 24.9 Å². The van der Waals surface area contributed by atoms with Crippen molar-refractivity contribution in [3.63, 3.8) is 0 Å². The summed E-state index contributed by atoms with van der Waals surface area (Å²) in [6.45, 7) is 5.18. The molecule has 1 aromatic heterocycles. The number of nitrogens with one attached hydrogen (secondary N) is 1. The van der Waals surface area contributed by atoms with Gasteiger partial charge in [-0.15, -0.1) is 0 Å². The summed E-state index contributed by atoms with van der Waals surface area (Å²) in [5.74, 6) is 0. The van der Waals surface area contributed by atoms with Crippen LogP contribution in [-0.2, 0) is 6.42 Å². The zero-order valence-corrected chi connectivity index (χ0v) is 14.8. The van der Waals surface area contributed by atoms with Gasteiger partial charge in [0.15, 0.2) is 0 Å². The number of benzene rings is 1. The lowest BCUT2D eigenvalue weighted by atomic mass is 9.99. The van der Waals surface area contributed by atoms with Gasteiger partial charge in [-0.1, -0.05) is 35.0 Å². The van der Waals surface area contributed by atoms with Crippen molar-refractivity contribution in [1.82, 2.24) is 10.3 Å². The molecule has 0 aliphatic rings. The Bertz CT molecular complexity index is 584. The van der Waals surface area contributed by atoms with Crippen LogP contribution in [0.5, 0.6) is 0 Å². The number of aromatic nitrogens is 1. The summed E-state index contributed by atoms with van der Waals surface area (Å²) in [5.41, 5.74) is 3.78. The van der Waals surface area contributed by atoms with Crippen LogP contribution in [0.1, 0.15) is 29.7 Å². The van der Waals surface area contributed by atoms with E-state index in [-0.39, 0.29) is 0 Å². The lowest BCUT2D eigenvalue weighted by molar-refractivity contribution is 0.548. The molecule has 0 aliphatic heterocycles. The average Bonchev–Trinajstić information content (AvgIpc) is 2.41. The molecule has 0 amide bonds. The Hall–Kier alpha value is -0.710. The molecule has 1 unspecified atom stereocenters. The van der Waals surface area contributed by atoms with E-state index in [0.29, 0.717) is 6.04 Å². The maximum absolute atomic E-state index is 4.24. The molecule has 4 heteroatoms. The molecule has 0 saturated carbocycles. The van der Waals surface area contributed by atoms with Gasteiger partial charge >= 0.3 is 0 Å². The second kappa shape index (κ2) is 7.34. The Kier molecular flexibility index (Phi) is 5.75. The van der Waals surface area contributed by atoms with E-state index in [2.05, 4.69) is 80.3 Å². The van der Waals surface area contributed by atoms with Gasteiger partial charge < -0.3 is 5.32 Å². The molecule has 1 aromatic carbocycles. The van der Waals surface area contributed by atoms with Crippen molar-refractivity contribution in [3.05, 3.63) is 62.3 Å². The number of nitrogens with zero attached hydrogens (tertiary/aromatic N) is 1. The third kappa shape index (κ3) is 4.14. The second-order valence-corrected chi connectivity index (χ2v) is 6.60. The third-order valence-electron chi connectivity index (χ3n) is 3.25. The van der Waals surface area contributed by atoms with Crippen LogP contribution >= 0.6 is 31.9 Å². The third-order valence-corrected chi connectivity index (χ3v) is 4.54. The molecule has 0 fully saturated rings. The summed E-state index contributed by atoms with van der Waals surface area (Å²) in [5, 5.41) is 3.55. The zero-order chi connectivity index (χ0) is 14.5. The number of halogens is 2. The highest BCUT2D eigenvalue weighted by atomic mass is 79.9. The molecule has 0 spiro atoms. The average molecular weight is 398 g/mol. The first-order chi connectivity index (χ1) is 9.60. The molecular weight excluding hydrogens is 380 g/mol. The van der Waals surface area contributed by atoms with Gasteiger partial charge in [0.2, 0.25) is 0 Å². The van der Waals surface area contributed by atoms with E-state index in [1.807, 2.05) is 12.4 Å². The van der Waals surface area contributed by atoms with Crippen LogP contribution < -0.4 is 5.32 Å². The summed E-state index contributed by atoms with van der Waals surface area (Å²) in [6.07, 6.45) is 4.67. The van der Waals surface area contributed by atoms with E-state index in [1.54, 1.807) is 0 Å². The Labute approximate surface area is 137 Å². The predicted molar refractivity (Wildman–Crippen MR) is 90.9 cm³/mol. The smallest absolute Gasteiger partial charge is 0.0410 e. The molecule has 0 radical (unpaired) electrons. The first kappa shape index (κ1) is 15.7. The van der Waals surface area contributed by atoms with Crippen LogP contribution in [-0.4, -0.2) is 11.5 Å². The van der Waals surface area contributed by atoms with Gasteiger partial charge in [-0.2, -0.15) is 0 Å². The fourth-order valence-corrected chi connectivity index (χ4v) is 2.99. The summed E-state index contributed by atoms with van der Waals surface area (Å²) in [4.78, 5) is 4.24. The molecule has 20 heavy (non-hydrogen) atoms. The minimum atomic E-state index is 0.299. The van der Waals surface area contributed by atoms with E-state index in [0.717, 1.165) is 21.9 Å². The summed E-state index contributed by atoms with van der Waals surface area (Å²) >= 11 is 7.09. The van der Waals surface area contributed by atoms with Crippen LogP contribution in [0.25, 0.3) is 0 Å². The Morgan fingerprint density at radius 2 is 2.00 bits per heavy atom. The first-order valence-electron chi connectivity index (χ1n) is 6.69. The second-order valence-electron chi connectivity index (χ2n) is 4.83. The molecule has 2 rings (SSSR count). The number of likely N-dealkylation sites (N-methyl/N-ethyl adjacent to an activating group) is 1. The highest BCUT2D eigenvalue weighted by molar-refractivity contribution is 9.10. The van der Waals surface area contributed by atoms with Crippen LogP contribution in [0.2, 0.25) is 0 Å². The minimum Gasteiger partial charge on any atom is -0.310 e. The molecule has 2 aromatic rings. The molecule has 1 atom stereocenters. The number of aryl methyl sites for hydroxylation is 1. The predicted octanol–water partition coefficient (Wildman–Crippen LogP) is 4.81. The maximum Gasteiger partial charge on any atom is 0.0410 e. The SMILES string of the molecule is CCNC(Cc1cncc(Br)c1)c1ccc(C)c(Br)c1. The lowest BCUT2D eigenvalue weighted by Gasteiger charge is -2.19. The standard InChI is InChI=1S/C16H18Br2N2/c1-3-20-16(7-12-6-14(17)10-19-9-12)13-5-4-11(2)15(18)8-13/h4-6,8-10,16,20H,3,7H2,1-2H3. The molecule has 0 aliphatic carbocycles. The normalized spacial score (nSPS) is 12.4.